The summed E-state index contributed by atoms with van der Waals surface area (Å²) in [5.74, 6) is -0.666. The molecular weight excluding hydrogens is 553 g/mol. The van der Waals surface area contributed by atoms with Gasteiger partial charge in [0.15, 0.2) is 25.0 Å². The SMILES string of the molecule is CC[Si](CC)(CC)O[C@@H](C[C@H](OC)[C@@H](C)CO[Si](C)(C)C(C)(C)C)C(C)(C)[C@H](CC(=O)O)O[Si](C)(C)C(C)(C)C. The van der Waals surface area contributed by atoms with Crippen LogP contribution in [0, 0.1) is 11.3 Å². The summed E-state index contributed by atoms with van der Waals surface area (Å²) in [6.45, 7) is 36.3. The Balaban J connectivity index is 6.53. The van der Waals surface area contributed by atoms with Crippen molar-refractivity contribution >= 4 is 30.9 Å². The number of hydrogen-bond acceptors (Lipinski definition) is 5. The summed E-state index contributed by atoms with van der Waals surface area (Å²) in [6.07, 6.45) is -0.112. The number of carboxylic acid groups (broad SMARTS) is 1. The molecular formula is C31H68O6Si3. The largest absolute Gasteiger partial charge is 0.481 e. The molecule has 40 heavy (non-hydrogen) atoms. The van der Waals surface area contributed by atoms with Gasteiger partial charge in [-0.05, 0) is 60.8 Å². The van der Waals surface area contributed by atoms with Crippen molar-refractivity contribution in [1.82, 2.24) is 0 Å². The Bertz CT molecular complexity index is 758. The zero-order chi connectivity index (χ0) is 32.0. The van der Waals surface area contributed by atoms with Gasteiger partial charge in [0, 0.05) is 25.0 Å². The molecule has 4 atom stereocenters. The number of carbonyl (C=O) groups is 1. The van der Waals surface area contributed by atoms with Gasteiger partial charge < -0.3 is 23.1 Å². The first-order chi connectivity index (χ1) is 17.9. The summed E-state index contributed by atoms with van der Waals surface area (Å²) in [4.78, 5) is 12.2. The molecule has 0 fully saturated rings. The molecule has 0 heterocycles. The molecule has 1 N–H and O–H groups in total. The van der Waals surface area contributed by atoms with Gasteiger partial charge in [0.1, 0.15) is 0 Å². The number of rotatable bonds is 18. The van der Waals surface area contributed by atoms with Gasteiger partial charge in [-0.2, -0.15) is 0 Å². The molecule has 0 radical (unpaired) electrons. The standard InChI is InChI=1S/C31H68O6Si3/c1-18-40(19-2,20-3)37-26(21-25(34-13)24(4)23-35-38(14,15)29(5,6)7)31(11,12)27(22-28(32)33)36-39(16,17)30(8,9)10/h24-27H,18-23H2,1-17H3,(H,32,33)/t24-,25-,26-,27-/m0/s1. The van der Waals surface area contributed by atoms with Gasteiger partial charge >= 0.3 is 5.97 Å². The average molecular weight is 621 g/mol. The Hall–Kier alpha value is -0.0394. The van der Waals surface area contributed by atoms with Crippen LogP contribution in [0.2, 0.25) is 54.4 Å². The van der Waals surface area contributed by atoms with E-state index in [1.54, 1.807) is 7.11 Å². The van der Waals surface area contributed by atoms with E-state index < -0.39 is 42.4 Å². The Labute approximate surface area is 252 Å². The van der Waals surface area contributed by atoms with E-state index in [2.05, 4.69) is 109 Å². The highest BCUT2D eigenvalue weighted by atomic mass is 28.4. The fourth-order valence-corrected chi connectivity index (χ4v) is 10.2. The van der Waals surface area contributed by atoms with Crippen LogP contribution in [0.3, 0.4) is 0 Å². The van der Waals surface area contributed by atoms with Crippen LogP contribution in [0.25, 0.3) is 0 Å². The molecule has 0 aromatic heterocycles. The summed E-state index contributed by atoms with van der Waals surface area (Å²) in [6, 6.07) is 3.09. The minimum Gasteiger partial charge on any atom is -0.481 e. The topological polar surface area (TPSA) is 74.2 Å². The lowest BCUT2D eigenvalue weighted by Gasteiger charge is -2.49. The molecule has 0 amide bonds. The molecule has 6 nitrogen and oxygen atoms in total. The number of aliphatic carboxylic acids is 1. The predicted octanol–water partition coefficient (Wildman–Crippen LogP) is 9.33. The first-order valence-corrected chi connectivity index (χ1v) is 23.9. The summed E-state index contributed by atoms with van der Waals surface area (Å²) < 4.78 is 26.9. The molecule has 9 heteroatoms. The molecule has 0 saturated carbocycles. The highest BCUT2D eigenvalue weighted by Gasteiger charge is 2.49. The molecule has 0 spiro atoms. The number of hydrogen-bond donors (Lipinski definition) is 1. The van der Waals surface area contributed by atoms with Crippen LogP contribution in [0.15, 0.2) is 0 Å². The van der Waals surface area contributed by atoms with E-state index in [0.29, 0.717) is 13.0 Å². The van der Waals surface area contributed by atoms with Crippen LogP contribution >= 0.6 is 0 Å². The fraction of sp³-hybridized carbons (Fsp3) is 0.968. The maximum Gasteiger partial charge on any atom is 0.305 e. The molecule has 0 aromatic rings. The third-order valence-electron chi connectivity index (χ3n) is 10.5. The van der Waals surface area contributed by atoms with Crippen molar-refractivity contribution in [2.45, 2.75) is 169 Å². The second kappa shape index (κ2) is 15.1. The molecule has 0 bridgehead atoms. The Morgan fingerprint density at radius 1 is 0.775 bits per heavy atom. The van der Waals surface area contributed by atoms with E-state index in [1.165, 1.54) is 0 Å². The van der Waals surface area contributed by atoms with Crippen LogP contribution in [0.5, 0.6) is 0 Å². The lowest BCUT2D eigenvalue weighted by atomic mass is 9.76. The molecule has 0 aliphatic carbocycles. The summed E-state index contributed by atoms with van der Waals surface area (Å²) in [7, 11) is -4.40. The van der Waals surface area contributed by atoms with Gasteiger partial charge in [-0.1, -0.05) is 83.1 Å². The quantitative estimate of drug-likeness (QED) is 0.154. The summed E-state index contributed by atoms with van der Waals surface area (Å²) >= 11 is 0. The van der Waals surface area contributed by atoms with E-state index >= 15 is 0 Å². The summed E-state index contributed by atoms with van der Waals surface area (Å²) in [5.41, 5.74) is -0.539. The van der Waals surface area contributed by atoms with Crippen LogP contribution in [-0.2, 0) is 22.8 Å². The zero-order valence-electron chi connectivity index (χ0n) is 29.5. The van der Waals surface area contributed by atoms with Gasteiger partial charge in [0.2, 0.25) is 0 Å². The molecule has 0 rings (SSSR count). The Kier molecular flexibility index (Phi) is 15.1. The zero-order valence-corrected chi connectivity index (χ0v) is 32.5. The number of ether oxygens (including phenoxy) is 1. The molecule has 0 aliphatic heterocycles. The van der Waals surface area contributed by atoms with E-state index in [1.807, 2.05) is 0 Å². The second-order valence-electron chi connectivity index (χ2n) is 15.7. The maximum absolute atomic E-state index is 12.2. The van der Waals surface area contributed by atoms with E-state index in [9.17, 15) is 9.90 Å². The second-order valence-corrected chi connectivity index (χ2v) is 30.0. The van der Waals surface area contributed by atoms with Crippen molar-refractivity contribution in [3.05, 3.63) is 0 Å². The van der Waals surface area contributed by atoms with Crippen LogP contribution in [0.1, 0.15) is 95.9 Å². The molecule has 0 unspecified atom stereocenters. The number of carboxylic acids is 1. The monoisotopic (exact) mass is 620 g/mol. The Morgan fingerprint density at radius 3 is 1.57 bits per heavy atom. The highest BCUT2D eigenvalue weighted by molar-refractivity contribution is 6.74. The fourth-order valence-electron chi connectivity index (χ4n) is 4.60. The van der Waals surface area contributed by atoms with Crippen LogP contribution in [-0.4, -0.2) is 68.1 Å². The van der Waals surface area contributed by atoms with Crippen LogP contribution in [0.4, 0.5) is 0 Å². The third kappa shape index (κ3) is 10.9. The van der Waals surface area contributed by atoms with Crippen molar-refractivity contribution in [1.29, 1.82) is 0 Å². The normalized spacial score (nSPS) is 17.4. The van der Waals surface area contributed by atoms with Gasteiger partial charge in [-0.15, -0.1) is 0 Å². The van der Waals surface area contributed by atoms with Gasteiger partial charge in [-0.3, -0.25) is 4.79 Å². The van der Waals surface area contributed by atoms with Crippen LogP contribution < -0.4 is 0 Å². The average Bonchev–Trinajstić information content (AvgIpc) is 2.80. The van der Waals surface area contributed by atoms with E-state index in [-0.39, 0.29) is 34.6 Å². The van der Waals surface area contributed by atoms with Gasteiger partial charge in [0.05, 0.1) is 24.7 Å². The lowest BCUT2D eigenvalue weighted by molar-refractivity contribution is -0.143. The minimum atomic E-state index is -2.25. The first kappa shape index (κ1) is 40.0. The van der Waals surface area contributed by atoms with Crippen molar-refractivity contribution in [2.75, 3.05) is 13.7 Å². The predicted molar refractivity (Wildman–Crippen MR) is 178 cm³/mol. The van der Waals surface area contributed by atoms with Crippen molar-refractivity contribution in [3.8, 4) is 0 Å². The first-order valence-electron chi connectivity index (χ1n) is 15.6. The van der Waals surface area contributed by atoms with Crippen molar-refractivity contribution < 1.29 is 27.9 Å². The third-order valence-corrected chi connectivity index (χ3v) is 24.1. The van der Waals surface area contributed by atoms with Crippen molar-refractivity contribution in [3.63, 3.8) is 0 Å². The van der Waals surface area contributed by atoms with E-state index in [0.717, 1.165) is 18.1 Å². The smallest absolute Gasteiger partial charge is 0.305 e. The maximum atomic E-state index is 12.2. The minimum absolute atomic E-state index is 0.0321. The molecule has 0 aromatic carbocycles. The van der Waals surface area contributed by atoms with Gasteiger partial charge in [-0.25, -0.2) is 0 Å². The van der Waals surface area contributed by atoms with E-state index in [4.69, 9.17) is 18.0 Å². The summed E-state index contributed by atoms with van der Waals surface area (Å²) in [5, 5.41) is 10.1. The molecule has 240 valence electrons. The molecule has 0 saturated heterocycles. The van der Waals surface area contributed by atoms with Crippen molar-refractivity contribution in [2.24, 2.45) is 11.3 Å². The molecule has 0 aliphatic rings. The lowest BCUT2D eigenvalue weighted by Crippen LogP contribution is -2.55. The Morgan fingerprint density at radius 2 is 1.23 bits per heavy atom. The highest BCUT2D eigenvalue weighted by Crippen LogP contribution is 2.44. The van der Waals surface area contributed by atoms with Gasteiger partial charge in [0.25, 0.3) is 0 Å². The number of methoxy groups -OCH3 is 1.